The van der Waals surface area contributed by atoms with Crippen molar-refractivity contribution < 1.29 is 8.42 Å². The first kappa shape index (κ1) is 16.9. The van der Waals surface area contributed by atoms with E-state index in [1.54, 1.807) is 0 Å². The van der Waals surface area contributed by atoms with Gasteiger partial charge in [0.05, 0.1) is 5.75 Å². The highest BCUT2D eigenvalue weighted by molar-refractivity contribution is 7.90. The average Bonchev–Trinajstić information content (AvgIpc) is 2.57. The van der Waals surface area contributed by atoms with Crippen LogP contribution in [0.5, 0.6) is 0 Å². The monoisotopic (exact) mass is 291 g/mol. The topological polar surface area (TPSA) is 66.6 Å². The van der Waals surface area contributed by atoms with E-state index in [1.165, 1.54) is 6.26 Å². The first-order chi connectivity index (χ1) is 8.83. The number of rotatable bonds is 6. The molecule has 0 radical (unpaired) electrons. The van der Waals surface area contributed by atoms with Gasteiger partial charge < -0.3 is 10.6 Å². The van der Waals surface area contributed by atoms with Crippen LogP contribution in [-0.2, 0) is 9.84 Å². The van der Waals surface area contributed by atoms with Gasteiger partial charge in [0.15, 0.2) is 0 Å². The van der Waals surface area contributed by atoms with E-state index in [4.69, 9.17) is 5.73 Å². The van der Waals surface area contributed by atoms with Gasteiger partial charge in [0.25, 0.3) is 0 Å². The quantitative estimate of drug-likeness (QED) is 0.755. The minimum atomic E-state index is -2.91. The minimum absolute atomic E-state index is 0.0331. The van der Waals surface area contributed by atoms with Crippen LogP contribution in [0.25, 0.3) is 0 Å². The second-order valence-corrected chi connectivity index (χ2v) is 8.03. The predicted octanol–water partition coefficient (Wildman–Crippen LogP) is 0.166. The Bertz CT molecular complexity index is 372. The summed E-state index contributed by atoms with van der Waals surface area (Å²) in [7, 11) is -0.897. The molecule has 1 rings (SSSR count). The highest BCUT2D eigenvalue weighted by atomic mass is 32.2. The van der Waals surface area contributed by atoms with Crippen molar-refractivity contribution in [2.45, 2.75) is 31.7 Å². The van der Waals surface area contributed by atoms with E-state index in [-0.39, 0.29) is 11.3 Å². The lowest BCUT2D eigenvalue weighted by Gasteiger charge is -2.40. The summed E-state index contributed by atoms with van der Waals surface area (Å²) in [6.45, 7) is 6.61. The average molecular weight is 291 g/mol. The Kier molecular flexibility index (Phi) is 6.23. The Labute approximate surface area is 118 Å². The van der Waals surface area contributed by atoms with Crippen LogP contribution in [0.3, 0.4) is 0 Å². The molecule has 0 aromatic heterocycles. The zero-order valence-electron chi connectivity index (χ0n) is 12.6. The summed E-state index contributed by atoms with van der Waals surface area (Å²) in [5.74, 6) is 0.211. The van der Waals surface area contributed by atoms with Crippen molar-refractivity contribution in [1.29, 1.82) is 0 Å². The molecule has 1 heterocycles. The van der Waals surface area contributed by atoms with E-state index in [1.807, 2.05) is 7.05 Å². The summed E-state index contributed by atoms with van der Waals surface area (Å²) in [5.41, 5.74) is 5.99. The van der Waals surface area contributed by atoms with Gasteiger partial charge >= 0.3 is 0 Å². The molecule has 0 aliphatic carbocycles. The summed E-state index contributed by atoms with van der Waals surface area (Å²) in [6, 6.07) is 0. The molecule has 0 bridgehead atoms. The standard InChI is InChI=1S/C13H29N3O2S/c1-4-16-8-5-6-13(12-14,7-9-16)15(2)10-11-19(3,17)18/h4-12,14H2,1-3H3. The number of nitrogens with zero attached hydrogens (tertiary/aromatic N) is 2. The van der Waals surface area contributed by atoms with E-state index in [0.717, 1.165) is 38.9 Å². The predicted molar refractivity (Wildman–Crippen MR) is 80.1 cm³/mol. The van der Waals surface area contributed by atoms with Crippen LogP contribution in [0, 0.1) is 0 Å². The number of likely N-dealkylation sites (N-methyl/N-ethyl adjacent to an activating group) is 1. The number of hydrogen-bond acceptors (Lipinski definition) is 5. The van der Waals surface area contributed by atoms with E-state index in [9.17, 15) is 8.42 Å². The highest BCUT2D eigenvalue weighted by Crippen LogP contribution is 2.27. The molecule has 6 heteroatoms. The molecule has 1 aliphatic heterocycles. The highest BCUT2D eigenvalue weighted by Gasteiger charge is 2.35. The Morgan fingerprint density at radius 2 is 2.00 bits per heavy atom. The molecule has 0 spiro atoms. The van der Waals surface area contributed by atoms with Gasteiger partial charge in [-0.1, -0.05) is 6.92 Å². The molecule has 0 aromatic rings. The first-order valence-corrected chi connectivity index (χ1v) is 9.20. The van der Waals surface area contributed by atoms with E-state index in [2.05, 4.69) is 16.7 Å². The van der Waals surface area contributed by atoms with Crippen LogP contribution in [0.4, 0.5) is 0 Å². The lowest BCUT2D eigenvalue weighted by Crippen LogP contribution is -2.53. The van der Waals surface area contributed by atoms with Gasteiger partial charge in [-0.15, -0.1) is 0 Å². The molecular formula is C13H29N3O2S. The number of sulfone groups is 1. The third-order valence-electron chi connectivity index (χ3n) is 4.44. The lowest BCUT2D eigenvalue weighted by atomic mass is 9.89. The van der Waals surface area contributed by atoms with Crippen molar-refractivity contribution >= 4 is 9.84 Å². The summed E-state index contributed by atoms with van der Waals surface area (Å²) >= 11 is 0. The molecule has 0 saturated carbocycles. The Morgan fingerprint density at radius 1 is 1.32 bits per heavy atom. The van der Waals surface area contributed by atoms with Crippen LogP contribution in [0.2, 0.25) is 0 Å². The molecule has 1 atom stereocenters. The Hall–Kier alpha value is -0.170. The summed E-state index contributed by atoms with van der Waals surface area (Å²) in [5, 5.41) is 0. The second-order valence-electron chi connectivity index (χ2n) is 5.77. The van der Waals surface area contributed by atoms with Crippen molar-refractivity contribution in [2.75, 3.05) is 51.8 Å². The smallest absolute Gasteiger partial charge is 0.148 e. The molecule has 1 aliphatic rings. The van der Waals surface area contributed by atoms with Gasteiger partial charge in [-0.05, 0) is 45.9 Å². The molecule has 114 valence electrons. The Morgan fingerprint density at radius 3 is 2.53 bits per heavy atom. The van der Waals surface area contributed by atoms with Crippen molar-refractivity contribution in [3.8, 4) is 0 Å². The molecular weight excluding hydrogens is 262 g/mol. The van der Waals surface area contributed by atoms with Gasteiger partial charge in [-0.25, -0.2) is 8.42 Å². The zero-order chi connectivity index (χ0) is 14.5. The molecule has 0 aromatic carbocycles. The van der Waals surface area contributed by atoms with E-state index < -0.39 is 9.84 Å². The van der Waals surface area contributed by atoms with Crippen LogP contribution in [0.1, 0.15) is 26.2 Å². The van der Waals surface area contributed by atoms with Crippen molar-refractivity contribution in [1.82, 2.24) is 9.80 Å². The van der Waals surface area contributed by atoms with Gasteiger partial charge in [-0.3, -0.25) is 4.90 Å². The fraction of sp³-hybridized carbons (Fsp3) is 1.00. The summed E-state index contributed by atoms with van der Waals surface area (Å²) < 4.78 is 22.6. The minimum Gasteiger partial charge on any atom is -0.329 e. The molecule has 2 N–H and O–H groups in total. The molecule has 1 fully saturated rings. The van der Waals surface area contributed by atoms with Gasteiger partial charge in [0, 0.05) is 24.9 Å². The fourth-order valence-electron chi connectivity index (χ4n) is 2.83. The maximum atomic E-state index is 11.3. The van der Waals surface area contributed by atoms with Gasteiger partial charge in [-0.2, -0.15) is 0 Å². The largest absolute Gasteiger partial charge is 0.329 e. The van der Waals surface area contributed by atoms with E-state index in [0.29, 0.717) is 13.1 Å². The van der Waals surface area contributed by atoms with Gasteiger partial charge in [0.2, 0.25) is 0 Å². The SMILES string of the molecule is CCN1CCCC(CN)(N(C)CCS(C)(=O)=O)CC1. The first-order valence-electron chi connectivity index (χ1n) is 7.14. The number of likely N-dealkylation sites (tertiary alicyclic amines) is 1. The zero-order valence-corrected chi connectivity index (χ0v) is 13.4. The van der Waals surface area contributed by atoms with Crippen molar-refractivity contribution in [2.24, 2.45) is 5.73 Å². The third-order valence-corrected chi connectivity index (χ3v) is 5.37. The van der Waals surface area contributed by atoms with Crippen molar-refractivity contribution in [3.05, 3.63) is 0 Å². The molecule has 19 heavy (non-hydrogen) atoms. The van der Waals surface area contributed by atoms with Crippen LogP contribution in [-0.4, -0.2) is 75.5 Å². The molecule has 1 saturated heterocycles. The molecule has 1 unspecified atom stereocenters. The maximum Gasteiger partial charge on any atom is 0.148 e. The number of nitrogens with two attached hydrogens (primary N) is 1. The lowest BCUT2D eigenvalue weighted by molar-refractivity contribution is 0.114. The second kappa shape index (κ2) is 7.02. The van der Waals surface area contributed by atoms with Crippen molar-refractivity contribution in [3.63, 3.8) is 0 Å². The summed E-state index contributed by atoms with van der Waals surface area (Å²) in [6.07, 6.45) is 4.51. The van der Waals surface area contributed by atoms with E-state index >= 15 is 0 Å². The molecule has 0 amide bonds. The normalized spacial score (nSPS) is 26.6. The summed E-state index contributed by atoms with van der Waals surface area (Å²) in [4.78, 5) is 4.62. The fourth-order valence-corrected chi connectivity index (χ4v) is 3.44. The number of hydrogen-bond donors (Lipinski definition) is 1. The van der Waals surface area contributed by atoms with Crippen LogP contribution < -0.4 is 5.73 Å². The van der Waals surface area contributed by atoms with Gasteiger partial charge in [0.1, 0.15) is 9.84 Å². The van der Waals surface area contributed by atoms with Crippen LogP contribution >= 0.6 is 0 Å². The Balaban J connectivity index is 2.68. The molecule has 5 nitrogen and oxygen atoms in total. The third kappa shape index (κ3) is 5.02. The van der Waals surface area contributed by atoms with Crippen LogP contribution in [0.15, 0.2) is 0 Å². The maximum absolute atomic E-state index is 11.3.